The summed E-state index contributed by atoms with van der Waals surface area (Å²) in [6.45, 7) is -0.323. The molecule has 1 aliphatic carbocycles. The minimum absolute atomic E-state index is 0.00707. The standard InChI is InChI=1S/C24H18ClF2N3O4/c25-17-9-14-3-4-20(17)33-7-1-2-8-34-21-16(11-15(26)12-18(21)27)22(31)29-19(10-14)23(32)30-24(13-28)5-6-24/h3-4,9,11-12,19H,5-8,10H2,(H,29,31)(H,30,32)/t19-/m0/s1. The van der Waals surface area contributed by atoms with Crippen LogP contribution in [0.25, 0.3) is 0 Å². The molecule has 7 nitrogen and oxygen atoms in total. The van der Waals surface area contributed by atoms with Gasteiger partial charge in [-0.1, -0.05) is 29.5 Å². The number of hydrogen-bond donors (Lipinski definition) is 2. The van der Waals surface area contributed by atoms with Gasteiger partial charge in [0.25, 0.3) is 5.91 Å². The van der Waals surface area contributed by atoms with Crippen LogP contribution < -0.4 is 20.1 Å². The first-order valence-electron chi connectivity index (χ1n) is 10.3. The fourth-order valence-electron chi connectivity index (χ4n) is 3.38. The smallest absolute Gasteiger partial charge is 0.255 e. The van der Waals surface area contributed by atoms with Crippen LogP contribution in [0, 0.1) is 34.8 Å². The zero-order valence-corrected chi connectivity index (χ0v) is 18.5. The van der Waals surface area contributed by atoms with Gasteiger partial charge < -0.3 is 20.1 Å². The van der Waals surface area contributed by atoms with E-state index in [4.69, 9.17) is 21.1 Å². The highest BCUT2D eigenvalue weighted by molar-refractivity contribution is 6.32. The van der Waals surface area contributed by atoms with Gasteiger partial charge in [0.15, 0.2) is 11.6 Å². The van der Waals surface area contributed by atoms with Gasteiger partial charge in [-0.3, -0.25) is 9.59 Å². The lowest BCUT2D eigenvalue weighted by Gasteiger charge is -2.21. The summed E-state index contributed by atoms with van der Waals surface area (Å²) in [6, 6.07) is 7.12. The van der Waals surface area contributed by atoms with E-state index in [1.54, 1.807) is 18.2 Å². The van der Waals surface area contributed by atoms with Crippen molar-refractivity contribution in [2.24, 2.45) is 0 Å². The largest absolute Gasteiger partial charge is 0.479 e. The van der Waals surface area contributed by atoms with Gasteiger partial charge in [-0.15, -0.1) is 0 Å². The maximum atomic E-state index is 14.4. The van der Waals surface area contributed by atoms with Gasteiger partial charge in [0, 0.05) is 12.5 Å². The number of carbonyl (C=O) groups excluding carboxylic acids is 2. The molecular weight excluding hydrogens is 468 g/mol. The maximum absolute atomic E-state index is 14.4. The second kappa shape index (κ2) is 9.58. The van der Waals surface area contributed by atoms with Crippen molar-refractivity contribution in [3.8, 4) is 29.4 Å². The summed E-state index contributed by atoms with van der Waals surface area (Å²) >= 11 is 6.28. The Hall–Kier alpha value is -3.82. The molecule has 174 valence electrons. The molecule has 0 aromatic heterocycles. The molecule has 0 saturated heterocycles. The van der Waals surface area contributed by atoms with E-state index in [0.717, 1.165) is 6.07 Å². The van der Waals surface area contributed by atoms with Crippen LogP contribution in [0.15, 0.2) is 30.3 Å². The van der Waals surface area contributed by atoms with Gasteiger partial charge in [0.2, 0.25) is 5.91 Å². The summed E-state index contributed by atoms with van der Waals surface area (Å²) < 4.78 is 39.2. The zero-order valence-electron chi connectivity index (χ0n) is 17.7. The van der Waals surface area contributed by atoms with Crippen molar-refractivity contribution in [1.29, 1.82) is 5.26 Å². The highest BCUT2D eigenvalue weighted by Gasteiger charge is 2.45. The molecule has 2 N–H and O–H groups in total. The van der Waals surface area contributed by atoms with Gasteiger partial charge in [-0.25, -0.2) is 8.78 Å². The molecule has 0 radical (unpaired) electrons. The third-order valence-electron chi connectivity index (χ3n) is 5.35. The van der Waals surface area contributed by atoms with Gasteiger partial charge in [-0.05, 0) is 36.6 Å². The van der Waals surface area contributed by atoms with Crippen molar-refractivity contribution in [2.45, 2.75) is 30.8 Å². The second-order valence-electron chi connectivity index (χ2n) is 7.87. The molecule has 2 aromatic rings. The summed E-state index contributed by atoms with van der Waals surface area (Å²) in [5.41, 5.74) is -0.834. The molecule has 0 spiro atoms. The van der Waals surface area contributed by atoms with E-state index in [9.17, 15) is 23.6 Å². The van der Waals surface area contributed by atoms with E-state index >= 15 is 0 Å². The summed E-state index contributed by atoms with van der Waals surface area (Å²) in [4.78, 5) is 26.0. The quantitative estimate of drug-likeness (QED) is 0.637. The SMILES string of the molecule is N#CC1(NC(=O)[C@@H]2Cc3ccc(c(Cl)c3)OCC#CCOc3c(F)cc(F)cc3C(=O)N2)CC1. The van der Waals surface area contributed by atoms with Crippen LogP contribution >= 0.6 is 11.6 Å². The second-order valence-corrected chi connectivity index (χ2v) is 8.28. The lowest BCUT2D eigenvalue weighted by Crippen LogP contribution is -2.51. The molecule has 0 unspecified atom stereocenters. The number of nitrogens with one attached hydrogen (secondary N) is 2. The minimum atomic E-state index is -1.17. The Morgan fingerprint density at radius 3 is 2.62 bits per heavy atom. The number of nitriles is 1. The average molecular weight is 486 g/mol. The van der Waals surface area contributed by atoms with E-state index in [0.29, 0.717) is 30.2 Å². The Bertz CT molecular complexity index is 1260. The zero-order chi connectivity index (χ0) is 24.3. The molecule has 2 aliphatic heterocycles. The molecule has 1 saturated carbocycles. The third-order valence-corrected chi connectivity index (χ3v) is 5.65. The normalized spacial score (nSPS) is 18.6. The van der Waals surface area contributed by atoms with Gasteiger partial charge >= 0.3 is 0 Å². The van der Waals surface area contributed by atoms with Crippen LogP contribution in [-0.2, 0) is 11.2 Å². The predicted octanol–water partition coefficient (Wildman–Crippen LogP) is 2.91. The Morgan fingerprint density at radius 2 is 1.94 bits per heavy atom. The number of halogens is 3. The Kier molecular flexibility index (Phi) is 6.58. The van der Waals surface area contributed by atoms with Crippen molar-refractivity contribution in [2.75, 3.05) is 13.2 Å². The lowest BCUT2D eigenvalue weighted by atomic mass is 10.0. The van der Waals surface area contributed by atoms with E-state index < -0.39 is 46.3 Å². The minimum Gasteiger partial charge on any atom is -0.479 e. The fourth-order valence-corrected chi connectivity index (χ4v) is 3.64. The number of ether oxygens (including phenoxy) is 2. The van der Waals surface area contributed by atoms with Crippen LogP contribution in [0.3, 0.4) is 0 Å². The third kappa shape index (κ3) is 5.22. The van der Waals surface area contributed by atoms with Crippen LogP contribution in [0.5, 0.6) is 11.5 Å². The summed E-state index contributed by atoms with van der Waals surface area (Å²) in [6.07, 6.45) is 0.969. The van der Waals surface area contributed by atoms with Crippen molar-refractivity contribution in [3.63, 3.8) is 0 Å². The van der Waals surface area contributed by atoms with E-state index in [2.05, 4.69) is 28.5 Å². The molecule has 2 aromatic carbocycles. The monoisotopic (exact) mass is 485 g/mol. The molecule has 1 atom stereocenters. The molecular formula is C24H18ClF2N3O4. The van der Waals surface area contributed by atoms with E-state index in [1.165, 1.54) is 0 Å². The molecule has 10 heteroatoms. The Labute approximate surface area is 199 Å². The van der Waals surface area contributed by atoms with Gasteiger partial charge in [0.05, 0.1) is 16.7 Å². The van der Waals surface area contributed by atoms with E-state index in [-0.39, 0.29) is 24.7 Å². The van der Waals surface area contributed by atoms with Gasteiger partial charge in [-0.2, -0.15) is 5.26 Å². The molecule has 2 heterocycles. The first-order chi connectivity index (χ1) is 16.3. The van der Waals surface area contributed by atoms with Crippen molar-refractivity contribution < 1.29 is 27.8 Å². The fraction of sp³-hybridized carbons (Fsp3) is 0.292. The Balaban J connectivity index is 1.71. The summed E-state index contributed by atoms with van der Waals surface area (Å²) in [7, 11) is 0. The Morgan fingerprint density at radius 1 is 1.21 bits per heavy atom. The van der Waals surface area contributed by atoms with Gasteiger partial charge in [0.1, 0.15) is 36.4 Å². The number of fused-ring (bicyclic) bond motifs is 9. The summed E-state index contributed by atoms with van der Waals surface area (Å²) in [5.74, 6) is 1.53. The average Bonchev–Trinajstić information content (AvgIpc) is 3.56. The number of benzene rings is 2. The van der Waals surface area contributed by atoms with Crippen molar-refractivity contribution >= 4 is 23.4 Å². The van der Waals surface area contributed by atoms with Crippen LogP contribution in [0.4, 0.5) is 8.78 Å². The van der Waals surface area contributed by atoms with Crippen LogP contribution in [0.1, 0.15) is 28.8 Å². The van der Waals surface area contributed by atoms with Crippen molar-refractivity contribution in [3.05, 3.63) is 58.1 Å². The van der Waals surface area contributed by atoms with Crippen molar-refractivity contribution in [1.82, 2.24) is 10.6 Å². The highest BCUT2D eigenvalue weighted by Crippen LogP contribution is 2.34. The molecule has 2 bridgehead atoms. The number of amides is 2. The molecule has 5 rings (SSSR count). The molecule has 3 aliphatic rings. The summed E-state index contributed by atoms with van der Waals surface area (Å²) in [5, 5.41) is 14.7. The molecule has 1 fully saturated rings. The number of nitrogens with zero attached hydrogens (tertiary/aromatic N) is 1. The first-order valence-corrected chi connectivity index (χ1v) is 10.7. The predicted molar refractivity (Wildman–Crippen MR) is 117 cm³/mol. The van der Waals surface area contributed by atoms with E-state index in [1.807, 2.05) is 0 Å². The maximum Gasteiger partial charge on any atom is 0.255 e. The number of rotatable bonds is 2. The van der Waals surface area contributed by atoms with Crippen LogP contribution in [0.2, 0.25) is 5.02 Å². The number of hydrogen-bond acceptors (Lipinski definition) is 5. The first kappa shape index (κ1) is 23.3. The topological polar surface area (TPSA) is 100 Å². The molecule has 34 heavy (non-hydrogen) atoms. The highest BCUT2D eigenvalue weighted by atomic mass is 35.5. The number of carbonyl (C=O) groups is 2. The van der Waals surface area contributed by atoms with Crippen LogP contribution in [-0.4, -0.2) is 36.6 Å². The lowest BCUT2D eigenvalue weighted by molar-refractivity contribution is -0.123. The molecule has 2 amide bonds.